The van der Waals surface area contributed by atoms with E-state index in [1.54, 1.807) is 6.20 Å². The molecule has 0 spiro atoms. The molecule has 1 atom stereocenters. The summed E-state index contributed by atoms with van der Waals surface area (Å²) in [5.74, 6) is -0.0599. The van der Waals surface area contributed by atoms with Gasteiger partial charge in [-0.2, -0.15) is 0 Å². The summed E-state index contributed by atoms with van der Waals surface area (Å²) >= 11 is 6.82. The Morgan fingerprint density at radius 3 is 2.77 bits per heavy atom. The van der Waals surface area contributed by atoms with Gasteiger partial charge in [0.25, 0.3) is 0 Å². The first-order chi connectivity index (χ1) is 12.5. The van der Waals surface area contributed by atoms with Gasteiger partial charge in [0.05, 0.1) is 23.1 Å². The van der Waals surface area contributed by atoms with E-state index in [-0.39, 0.29) is 17.9 Å². The Morgan fingerprint density at radius 2 is 2.08 bits per heavy atom. The molecule has 3 rings (SSSR count). The van der Waals surface area contributed by atoms with Gasteiger partial charge in [0.2, 0.25) is 0 Å². The second-order valence-electron chi connectivity index (χ2n) is 6.50. The van der Waals surface area contributed by atoms with Crippen LogP contribution in [-0.2, 0) is 9.53 Å². The van der Waals surface area contributed by atoms with Crippen LogP contribution in [0.5, 0.6) is 0 Å². The fraction of sp³-hybridized carbons (Fsp3) is 0.316. The van der Waals surface area contributed by atoms with Crippen molar-refractivity contribution in [3.8, 4) is 10.6 Å². The van der Waals surface area contributed by atoms with Crippen LogP contribution in [0.4, 0.5) is 0 Å². The molecule has 0 saturated heterocycles. The van der Waals surface area contributed by atoms with E-state index in [2.05, 4.69) is 15.6 Å². The summed E-state index contributed by atoms with van der Waals surface area (Å²) in [6.45, 7) is 6.23. The highest BCUT2D eigenvalue weighted by molar-refractivity contribution is 7.80. The van der Waals surface area contributed by atoms with Crippen LogP contribution >= 0.6 is 23.6 Å². The number of allylic oxidation sites excluding steroid dienone is 1. The number of hydrogen-bond acceptors (Lipinski definition) is 5. The van der Waals surface area contributed by atoms with E-state index in [1.165, 1.54) is 11.3 Å². The van der Waals surface area contributed by atoms with Gasteiger partial charge in [0, 0.05) is 17.5 Å². The van der Waals surface area contributed by atoms with Gasteiger partial charge >= 0.3 is 5.97 Å². The predicted octanol–water partition coefficient (Wildman–Crippen LogP) is 3.80. The average Bonchev–Trinajstić information content (AvgIpc) is 3.10. The van der Waals surface area contributed by atoms with Crippen LogP contribution in [0.15, 0.2) is 47.8 Å². The number of ether oxygens (including phenoxy) is 1. The molecule has 2 N–H and O–H groups in total. The Kier molecular flexibility index (Phi) is 5.68. The quantitative estimate of drug-likeness (QED) is 0.601. The zero-order chi connectivity index (χ0) is 18.7. The van der Waals surface area contributed by atoms with Crippen molar-refractivity contribution in [1.82, 2.24) is 15.6 Å². The number of aromatic nitrogens is 1. The number of carbonyl (C=O) groups is 1. The number of hydrogen-bond donors (Lipinski definition) is 2. The van der Waals surface area contributed by atoms with Gasteiger partial charge in [0.15, 0.2) is 5.11 Å². The minimum absolute atomic E-state index is 0.275. The molecule has 136 valence electrons. The number of benzene rings is 1. The molecule has 1 aromatic carbocycles. The second-order valence-corrected chi connectivity index (χ2v) is 7.97. The maximum absolute atomic E-state index is 12.7. The van der Waals surface area contributed by atoms with Crippen molar-refractivity contribution in [1.29, 1.82) is 0 Å². The van der Waals surface area contributed by atoms with Crippen molar-refractivity contribution in [3.63, 3.8) is 0 Å². The first-order valence-electron chi connectivity index (χ1n) is 8.42. The maximum Gasteiger partial charge on any atom is 0.338 e. The first kappa shape index (κ1) is 18.5. The number of thiazole rings is 1. The maximum atomic E-state index is 12.7. The van der Waals surface area contributed by atoms with Crippen molar-refractivity contribution >= 4 is 34.6 Å². The minimum Gasteiger partial charge on any atom is -0.462 e. The first-order valence-corrected chi connectivity index (χ1v) is 9.64. The lowest BCUT2D eigenvalue weighted by Crippen LogP contribution is -2.45. The van der Waals surface area contributed by atoms with Gasteiger partial charge in [-0.15, -0.1) is 11.3 Å². The zero-order valence-electron chi connectivity index (χ0n) is 14.9. The van der Waals surface area contributed by atoms with Crippen LogP contribution in [0.3, 0.4) is 0 Å². The molecule has 0 amide bonds. The largest absolute Gasteiger partial charge is 0.462 e. The lowest BCUT2D eigenvalue weighted by molar-refractivity contribution is -0.140. The monoisotopic (exact) mass is 387 g/mol. The summed E-state index contributed by atoms with van der Waals surface area (Å²) in [5.41, 5.74) is 2.30. The van der Waals surface area contributed by atoms with E-state index in [9.17, 15) is 4.79 Å². The molecule has 1 aliphatic rings. The average molecular weight is 388 g/mol. The van der Waals surface area contributed by atoms with E-state index >= 15 is 0 Å². The van der Waals surface area contributed by atoms with Crippen LogP contribution in [0, 0.1) is 5.92 Å². The molecule has 0 fully saturated rings. The molecule has 0 radical (unpaired) electrons. The smallest absolute Gasteiger partial charge is 0.338 e. The topological polar surface area (TPSA) is 63.2 Å². The third kappa shape index (κ3) is 4.11. The number of esters is 1. The summed E-state index contributed by atoms with van der Waals surface area (Å²) in [6, 6.07) is 9.60. The van der Waals surface area contributed by atoms with Crippen LogP contribution in [0.25, 0.3) is 10.6 Å². The highest BCUT2D eigenvalue weighted by Crippen LogP contribution is 2.34. The molecular formula is C19H21N3O2S2. The SMILES string of the molecule is CC1=C(C(=O)OCC(C)C)C(c2cnc(-c3ccccc3)s2)NC(=S)N1. The van der Waals surface area contributed by atoms with E-state index < -0.39 is 0 Å². The van der Waals surface area contributed by atoms with Crippen molar-refractivity contribution in [2.75, 3.05) is 6.61 Å². The Labute approximate surface area is 162 Å². The number of nitrogens with one attached hydrogen (secondary N) is 2. The summed E-state index contributed by atoms with van der Waals surface area (Å²) in [6.07, 6.45) is 1.79. The highest BCUT2D eigenvalue weighted by atomic mass is 32.1. The molecule has 26 heavy (non-hydrogen) atoms. The minimum atomic E-state index is -0.363. The number of rotatable bonds is 5. The Morgan fingerprint density at radius 1 is 1.35 bits per heavy atom. The van der Waals surface area contributed by atoms with Gasteiger partial charge in [-0.05, 0) is 25.1 Å². The third-order valence-corrected chi connectivity index (χ3v) is 5.20. The molecule has 2 aromatic rings. The fourth-order valence-electron chi connectivity index (χ4n) is 2.63. The van der Waals surface area contributed by atoms with Crippen molar-refractivity contribution in [2.24, 2.45) is 5.92 Å². The van der Waals surface area contributed by atoms with Crippen LogP contribution in [0.1, 0.15) is 31.7 Å². The van der Waals surface area contributed by atoms with Gasteiger partial charge in [-0.3, -0.25) is 0 Å². The van der Waals surface area contributed by atoms with E-state index in [0.717, 1.165) is 15.4 Å². The summed E-state index contributed by atoms with van der Waals surface area (Å²) < 4.78 is 5.46. The van der Waals surface area contributed by atoms with Crippen LogP contribution in [0.2, 0.25) is 0 Å². The summed E-state index contributed by atoms with van der Waals surface area (Å²) in [7, 11) is 0. The van der Waals surface area contributed by atoms with E-state index in [4.69, 9.17) is 17.0 Å². The molecule has 0 bridgehead atoms. The Balaban J connectivity index is 1.91. The number of thiocarbonyl (C=S) groups is 1. The van der Waals surface area contributed by atoms with Gasteiger partial charge in [-0.25, -0.2) is 9.78 Å². The Hall–Kier alpha value is -2.25. The van der Waals surface area contributed by atoms with Crippen molar-refractivity contribution in [3.05, 3.63) is 52.7 Å². The molecule has 7 heteroatoms. The summed E-state index contributed by atoms with van der Waals surface area (Å²) in [4.78, 5) is 18.1. The zero-order valence-corrected chi connectivity index (χ0v) is 16.5. The standard InChI is InChI=1S/C19H21N3O2S2/c1-11(2)10-24-18(23)15-12(3)21-19(25)22-16(15)14-9-20-17(26-14)13-7-5-4-6-8-13/h4-9,11,16H,10H2,1-3H3,(H2,21,22,25). The molecule has 1 unspecified atom stereocenters. The van der Waals surface area contributed by atoms with Crippen molar-refractivity contribution in [2.45, 2.75) is 26.8 Å². The highest BCUT2D eigenvalue weighted by Gasteiger charge is 2.32. The lowest BCUT2D eigenvalue weighted by atomic mass is 10.0. The van der Waals surface area contributed by atoms with Gasteiger partial charge in [-0.1, -0.05) is 44.2 Å². The van der Waals surface area contributed by atoms with Gasteiger partial charge < -0.3 is 15.4 Å². The molecule has 1 aromatic heterocycles. The normalized spacial score (nSPS) is 17.1. The molecule has 1 aliphatic heterocycles. The van der Waals surface area contributed by atoms with Gasteiger partial charge in [0.1, 0.15) is 5.01 Å². The molecule has 2 heterocycles. The summed E-state index contributed by atoms with van der Waals surface area (Å²) in [5, 5.41) is 7.59. The Bertz CT molecular complexity index is 843. The number of nitrogens with zero attached hydrogens (tertiary/aromatic N) is 1. The van der Waals surface area contributed by atoms with Crippen LogP contribution < -0.4 is 10.6 Å². The second kappa shape index (κ2) is 7.97. The number of carbonyl (C=O) groups excluding carboxylic acids is 1. The third-order valence-electron chi connectivity index (χ3n) is 3.87. The van der Waals surface area contributed by atoms with E-state index in [0.29, 0.717) is 23.0 Å². The van der Waals surface area contributed by atoms with Crippen molar-refractivity contribution < 1.29 is 9.53 Å². The molecule has 0 aliphatic carbocycles. The molecule has 5 nitrogen and oxygen atoms in total. The predicted molar refractivity (Wildman–Crippen MR) is 108 cm³/mol. The fourth-order valence-corrected chi connectivity index (χ4v) is 3.89. The molecule has 0 saturated carbocycles. The lowest BCUT2D eigenvalue weighted by Gasteiger charge is -2.28. The van der Waals surface area contributed by atoms with E-state index in [1.807, 2.05) is 51.1 Å². The molecular weight excluding hydrogens is 366 g/mol. The van der Waals surface area contributed by atoms with Crippen LogP contribution in [-0.4, -0.2) is 22.7 Å².